The molecule has 0 atom stereocenters. The fourth-order valence-corrected chi connectivity index (χ4v) is 4.71. The van der Waals surface area contributed by atoms with E-state index >= 15 is 0 Å². The lowest BCUT2D eigenvalue weighted by molar-refractivity contribution is -0.0985. The molecule has 1 N–H and O–H groups in total. The number of methoxy groups -OCH3 is 1. The second-order valence-corrected chi connectivity index (χ2v) is 8.87. The standard InChI is InChI=1S/C21H26ClN5O2/c1-26-5-3-14-8-18(28-2)17(7-15(14)10-26)24-20-23-9-16(22)19(25-20)27-6-4-21(11-27)12-29-13-21/h7-9H,3-6,10-13H2,1-2H3,(H,23,24,25). The Morgan fingerprint density at radius 3 is 2.83 bits per heavy atom. The zero-order valence-corrected chi connectivity index (χ0v) is 17.6. The molecule has 0 aliphatic carbocycles. The number of rotatable bonds is 4. The third kappa shape index (κ3) is 3.52. The highest BCUT2D eigenvalue weighted by molar-refractivity contribution is 6.32. The van der Waals surface area contributed by atoms with Gasteiger partial charge in [-0.05, 0) is 43.1 Å². The second-order valence-electron chi connectivity index (χ2n) is 8.46. The molecule has 0 amide bonds. The Kier molecular flexibility index (Phi) is 4.76. The molecule has 4 heterocycles. The molecule has 1 aromatic heterocycles. The molecule has 5 rings (SSSR count). The number of hydrogen-bond acceptors (Lipinski definition) is 7. The van der Waals surface area contributed by atoms with Gasteiger partial charge >= 0.3 is 0 Å². The van der Waals surface area contributed by atoms with E-state index in [-0.39, 0.29) is 5.41 Å². The Hall–Kier alpha value is -2.09. The van der Waals surface area contributed by atoms with E-state index < -0.39 is 0 Å². The van der Waals surface area contributed by atoms with Crippen molar-refractivity contribution >= 4 is 29.1 Å². The van der Waals surface area contributed by atoms with E-state index in [4.69, 9.17) is 26.1 Å². The van der Waals surface area contributed by atoms with Gasteiger partial charge in [0.25, 0.3) is 0 Å². The third-order valence-electron chi connectivity index (χ3n) is 6.25. The Bertz CT molecular complexity index is 934. The average molecular weight is 416 g/mol. The van der Waals surface area contributed by atoms with Crippen LogP contribution in [0.2, 0.25) is 5.02 Å². The van der Waals surface area contributed by atoms with E-state index in [2.05, 4.69) is 39.3 Å². The highest BCUT2D eigenvalue weighted by Crippen LogP contribution is 2.41. The van der Waals surface area contributed by atoms with Crippen LogP contribution in [0, 0.1) is 5.41 Å². The highest BCUT2D eigenvalue weighted by Gasteiger charge is 2.45. The van der Waals surface area contributed by atoms with Gasteiger partial charge in [0, 0.05) is 31.6 Å². The van der Waals surface area contributed by atoms with Gasteiger partial charge in [-0.3, -0.25) is 0 Å². The maximum atomic E-state index is 6.45. The minimum absolute atomic E-state index is 0.273. The van der Waals surface area contributed by atoms with Gasteiger partial charge in [-0.2, -0.15) is 4.98 Å². The van der Waals surface area contributed by atoms with Crippen molar-refractivity contribution in [2.45, 2.75) is 19.4 Å². The van der Waals surface area contributed by atoms with Crippen LogP contribution in [0.1, 0.15) is 17.5 Å². The molecule has 7 nitrogen and oxygen atoms in total. The summed E-state index contributed by atoms with van der Waals surface area (Å²) in [5, 5.41) is 3.93. The van der Waals surface area contributed by atoms with Crippen LogP contribution in [0.25, 0.3) is 0 Å². The second kappa shape index (κ2) is 7.31. The smallest absolute Gasteiger partial charge is 0.229 e. The van der Waals surface area contributed by atoms with E-state index in [0.717, 1.165) is 69.5 Å². The molecular formula is C21H26ClN5O2. The normalized spacial score (nSPS) is 20.4. The predicted molar refractivity (Wildman–Crippen MR) is 113 cm³/mol. The topological polar surface area (TPSA) is 62.8 Å². The van der Waals surface area contributed by atoms with E-state index in [9.17, 15) is 0 Å². The van der Waals surface area contributed by atoms with Gasteiger partial charge < -0.3 is 24.6 Å². The maximum absolute atomic E-state index is 6.45. The molecule has 29 heavy (non-hydrogen) atoms. The molecule has 0 unspecified atom stereocenters. The lowest BCUT2D eigenvalue weighted by Crippen LogP contribution is -2.44. The zero-order valence-electron chi connectivity index (χ0n) is 16.9. The van der Waals surface area contributed by atoms with Crippen molar-refractivity contribution in [3.63, 3.8) is 0 Å². The molecule has 2 saturated heterocycles. The van der Waals surface area contributed by atoms with E-state index in [1.807, 2.05) is 0 Å². The number of aromatic nitrogens is 2. The number of likely N-dealkylation sites (N-methyl/N-ethyl adjacent to an activating group) is 1. The molecule has 0 bridgehead atoms. The lowest BCUT2D eigenvalue weighted by atomic mass is 9.85. The summed E-state index contributed by atoms with van der Waals surface area (Å²) in [7, 11) is 3.84. The fraction of sp³-hybridized carbons (Fsp3) is 0.524. The van der Waals surface area contributed by atoms with Crippen LogP contribution in [0.3, 0.4) is 0 Å². The fourth-order valence-electron chi connectivity index (χ4n) is 4.50. The molecule has 0 radical (unpaired) electrons. The van der Waals surface area contributed by atoms with Crippen LogP contribution >= 0.6 is 11.6 Å². The summed E-state index contributed by atoms with van der Waals surface area (Å²) in [4.78, 5) is 13.7. The number of hydrogen-bond donors (Lipinski definition) is 1. The molecule has 8 heteroatoms. The molecule has 3 aliphatic rings. The summed E-state index contributed by atoms with van der Waals surface area (Å²) >= 11 is 6.45. The quantitative estimate of drug-likeness (QED) is 0.823. The molecular weight excluding hydrogens is 390 g/mol. The summed E-state index contributed by atoms with van der Waals surface area (Å²) in [5.74, 6) is 2.11. The van der Waals surface area contributed by atoms with E-state index in [1.54, 1.807) is 13.3 Å². The number of nitrogens with zero attached hydrogens (tertiary/aromatic N) is 4. The Morgan fingerprint density at radius 1 is 1.24 bits per heavy atom. The van der Waals surface area contributed by atoms with Gasteiger partial charge in [0.05, 0.1) is 32.2 Å². The van der Waals surface area contributed by atoms with Crippen molar-refractivity contribution in [2.24, 2.45) is 5.41 Å². The average Bonchev–Trinajstić information content (AvgIpc) is 3.15. The third-order valence-corrected chi connectivity index (χ3v) is 6.52. The van der Waals surface area contributed by atoms with Gasteiger partial charge in [0.2, 0.25) is 5.95 Å². The first-order valence-electron chi connectivity index (χ1n) is 10.1. The van der Waals surface area contributed by atoms with Crippen LogP contribution < -0.4 is 15.0 Å². The van der Waals surface area contributed by atoms with Gasteiger partial charge in [0.15, 0.2) is 5.82 Å². The molecule has 2 aromatic rings. The van der Waals surface area contributed by atoms with Gasteiger partial charge in [0.1, 0.15) is 10.8 Å². The number of ether oxygens (including phenoxy) is 2. The predicted octanol–water partition coefficient (Wildman–Crippen LogP) is 3.10. The zero-order chi connectivity index (χ0) is 20.0. The van der Waals surface area contributed by atoms with E-state index in [1.165, 1.54) is 11.1 Å². The summed E-state index contributed by atoms with van der Waals surface area (Å²) in [6.07, 6.45) is 3.82. The van der Waals surface area contributed by atoms with Crippen molar-refractivity contribution < 1.29 is 9.47 Å². The molecule has 3 aliphatic heterocycles. The number of fused-ring (bicyclic) bond motifs is 1. The minimum Gasteiger partial charge on any atom is -0.495 e. The molecule has 0 saturated carbocycles. The van der Waals surface area contributed by atoms with Crippen molar-refractivity contribution in [2.75, 3.05) is 57.2 Å². The van der Waals surface area contributed by atoms with Crippen LogP contribution in [-0.2, 0) is 17.7 Å². The monoisotopic (exact) mass is 415 g/mol. The Labute approximate surface area is 176 Å². The minimum atomic E-state index is 0.273. The summed E-state index contributed by atoms with van der Waals surface area (Å²) in [6, 6.07) is 4.28. The van der Waals surface area contributed by atoms with Crippen LogP contribution in [-0.4, -0.2) is 61.9 Å². The number of anilines is 3. The van der Waals surface area contributed by atoms with Crippen LogP contribution in [0.15, 0.2) is 18.3 Å². The van der Waals surface area contributed by atoms with Crippen molar-refractivity contribution in [3.8, 4) is 5.75 Å². The molecule has 1 spiro atoms. The molecule has 2 fully saturated rings. The maximum Gasteiger partial charge on any atom is 0.229 e. The van der Waals surface area contributed by atoms with Crippen LogP contribution in [0.5, 0.6) is 5.75 Å². The summed E-state index contributed by atoms with van der Waals surface area (Å²) < 4.78 is 11.1. The Morgan fingerprint density at radius 2 is 2.10 bits per heavy atom. The summed E-state index contributed by atoms with van der Waals surface area (Å²) in [6.45, 7) is 5.52. The number of benzene rings is 1. The first-order valence-corrected chi connectivity index (χ1v) is 10.4. The van der Waals surface area contributed by atoms with Crippen LogP contribution in [0.4, 0.5) is 17.5 Å². The van der Waals surface area contributed by atoms with E-state index in [0.29, 0.717) is 11.0 Å². The highest BCUT2D eigenvalue weighted by atomic mass is 35.5. The number of halogens is 1. The van der Waals surface area contributed by atoms with Gasteiger partial charge in [-0.15, -0.1) is 0 Å². The molecule has 154 valence electrons. The Balaban J connectivity index is 1.41. The van der Waals surface area contributed by atoms with Crippen molar-refractivity contribution in [1.82, 2.24) is 14.9 Å². The SMILES string of the molecule is COc1cc2c(cc1Nc1ncc(Cl)c(N3CCC4(COC4)C3)n1)CN(C)CC2. The summed E-state index contributed by atoms with van der Waals surface area (Å²) in [5.41, 5.74) is 3.80. The first kappa shape index (κ1) is 18.9. The van der Waals surface area contributed by atoms with Gasteiger partial charge in [-0.1, -0.05) is 11.6 Å². The largest absolute Gasteiger partial charge is 0.495 e. The van der Waals surface area contributed by atoms with Gasteiger partial charge in [-0.25, -0.2) is 4.98 Å². The first-order chi connectivity index (χ1) is 14.0. The molecule has 1 aromatic carbocycles. The number of nitrogens with one attached hydrogen (secondary N) is 1. The van der Waals surface area contributed by atoms with Crippen molar-refractivity contribution in [3.05, 3.63) is 34.5 Å². The lowest BCUT2D eigenvalue weighted by Gasteiger charge is -2.37. The van der Waals surface area contributed by atoms with Crippen molar-refractivity contribution in [1.29, 1.82) is 0 Å².